The first-order chi connectivity index (χ1) is 14.8. The first-order valence-electron chi connectivity index (χ1n) is 9.95. The van der Waals surface area contributed by atoms with Gasteiger partial charge in [-0.2, -0.15) is 4.31 Å². The van der Waals surface area contributed by atoms with Crippen LogP contribution in [0.2, 0.25) is 0 Å². The highest BCUT2D eigenvalue weighted by molar-refractivity contribution is 7.89. The van der Waals surface area contributed by atoms with Crippen LogP contribution in [0, 0.1) is 5.92 Å². The van der Waals surface area contributed by atoms with E-state index < -0.39 is 27.8 Å². The summed E-state index contributed by atoms with van der Waals surface area (Å²) in [6, 6.07) is 12.0. The fourth-order valence-corrected chi connectivity index (χ4v) is 5.16. The number of fused-ring (bicyclic) bond motifs is 1. The Morgan fingerprint density at radius 2 is 1.58 bits per heavy atom. The molecule has 0 aromatic heterocycles. The monoisotopic (exact) mass is 444 g/mol. The fourth-order valence-electron chi connectivity index (χ4n) is 3.71. The minimum Gasteiger partial charge on any atom is -0.495 e. The third kappa shape index (κ3) is 3.96. The number of ether oxygens (including phenoxy) is 1. The molecule has 0 unspecified atom stereocenters. The molecule has 4 rings (SSSR count). The third-order valence-corrected chi connectivity index (χ3v) is 7.49. The van der Waals surface area contributed by atoms with Crippen LogP contribution in [0.25, 0.3) is 0 Å². The van der Waals surface area contributed by atoms with Crippen molar-refractivity contribution in [2.75, 3.05) is 48.8 Å². The Labute approximate surface area is 181 Å². The number of nitrogens with one attached hydrogen (secondary N) is 2. The van der Waals surface area contributed by atoms with Crippen molar-refractivity contribution in [3.8, 4) is 5.75 Å². The molecule has 2 N–H and O–H groups in total. The van der Waals surface area contributed by atoms with E-state index in [1.54, 1.807) is 7.11 Å². The van der Waals surface area contributed by atoms with E-state index >= 15 is 0 Å². The minimum absolute atomic E-state index is 0.0705. The fraction of sp³-hybridized carbons (Fsp3) is 0.333. The van der Waals surface area contributed by atoms with Gasteiger partial charge in [-0.3, -0.25) is 9.59 Å². The molecule has 1 saturated heterocycles. The number of methoxy groups -OCH3 is 1. The van der Waals surface area contributed by atoms with Crippen LogP contribution in [-0.4, -0.2) is 57.8 Å². The zero-order valence-electron chi connectivity index (χ0n) is 17.3. The number of rotatable bonds is 4. The van der Waals surface area contributed by atoms with Crippen LogP contribution in [0.15, 0.2) is 47.4 Å². The van der Waals surface area contributed by atoms with Crippen molar-refractivity contribution >= 4 is 38.9 Å². The lowest BCUT2D eigenvalue weighted by Crippen LogP contribution is -2.48. The number of carbonyl (C=O) groups excluding carboxylic acids is 2. The number of para-hydroxylation sites is 2. The maximum atomic E-state index is 13.2. The predicted octanol–water partition coefficient (Wildman–Crippen LogP) is 1.73. The summed E-state index contributed by atoms with van der Waals surface area (Å²) in [7, 11) is -2.15. The molecule has 31 heavy (non-hydrogen) atoms. The SMILES string of the molecule is COc1ccccc1N1CCN(S(=O)(=O)c2ccc3c(c2)NC(=O)[C@H](C)C(=O)N3)CC1. The van der Waals surface area contributed by atoms with Crippen LogP contribution in [-0.2, 0) is 19.6 Å². The largest absolute Gasteiger partial charge is 0.495 e. The van der Waals surface area contributed by atoms with Crippen LogP contribution in [0.1, 0.15) is 6.92 Å². The highest BCUT2D eigenvalue weighted by Crippen LogP contribution is 2.32. The summed E-state index contributed by atoms with van der Waals surface area (Å²) in [5.41, 5.74) is 1.58. The lowest BCUT2D eigenvalue weighted by Gasteiger charge is -2.36. The van der Waals surface area contributed by atoms with Gasteiger partial charge in [-0.05, 0) is 37.3 Å². The van der Waals surface area contributed by atoms with E-state index in [0.717, 1.165) is 11.4 Å². The molecule has 0 bridgehead atoms. The molecule has 2 heterocycles. The van der Waals surface area contributed by atoms with E-state index in [4.69, 9.17) is 4.74 Å². The predicted molar refractivity (Wildman–Crippen MR) is 117 cm³/mol. The van der Waals surface area contributed by atoms with E-state index in [2.05, 4.69) is 15.5 Å². The van der Waals surface area contributed by atoms with Crippen molar-refractivity contribution in [3.63, 3.8) is 0 Å². The summed E-state index contributed by atoms with van der Waals surface area (Å²) in [6.07, 6.45) is 0. The molecule has 2 aliphatic heterocycles. The Bertz CT molecular complexity index is 1130. The molecule has 2 aromatic rings. The van der Waals surface area contributed by atoms with Crippen molar-refractivity contribution in [1.82, 2.24) is 4.31 Å². The second kappa shape index (κ2) is 8.20. The number of anilines is 3. The second-order valence-electron chi connectivity index (χ2n) is 7.47. The highest BCUT2D eigenvalue weighted by atomic mass is 32.2. The quantitative estimate of drug-likeness (QED) is 0.696. The van der Waals surface area contributed by atoms with E-state index in [1.807, 2.05) is 24.3 Å². The Kier molecular flexibility index (Phi) is 5.59. The Morgan fingerprint density at radius 3 is 2.26 bits per heavy atom. The van der Waals surface area contributed by atoms with Gasteiger partial charge in [0.25, 0.3) is 0 Å². The van der Waals surface area contributed by atoms with Crippen molar-refractivity contribution in [2.24, 2.45) is 5.92 Å². The van der Waals surface area contributed by atoms with E-state index in [9.17, 15) is 18.0 Å². The number of amides is 2. The molecule has 0 radical (unpaired) electrons. The smallest absolute Gasteiger partial charge is 0.243 e. The lowest BCUT2D eigenvalue weighted by molar-refractivity contribution is -0.128. The van der Waals surface area contributed by atoms with Gasteiger partial charge in [0, 0.05) is 26.2 Å². The third-order valence-electron chi connectivity index (χ3n) is 5.60. The zero-order valence-corrected chi connectivity index (χ0v) is 18.1. The Balaban J connectivity index is 1.53. The maximum absolute atomic E-state index is 13.2. The van der Waals surface area contributed by atoms with Crippen LogP contribution < -0.4 is 20.3 Å². The molecule has 0 spiro atoms. The van der Waals surface area contributed by atoms with E-state index in [-0.39, 0.29) is 10.6 Å². The number of carbonyl (C=O) groups is 2. The van der Waals surface area contributed by atoms with Gasteiger partial charge in [-0.25, -0.2) is 8.42 Å². The molecular weight excluding hydrogens is 420 g/mol. The number of nitrogens with zero attached hydrogens (tertiary/aromatic N) is 2. The molecule has 2 aromatic carbocycles. The Hall–Kier alpha value is -3.11. The molecule has 10 heteroatoms. The summed E-state index contributed by atoms with van der Waals surface area (Å²) in [4.78, 5) is 26.3. The first kappa shape index (κ1) is 21.1. The average molecular weight is 445 g/mol. The molecule has 0 saturated carbocycles. The molecule has 0 aliphatic carbocycles. The van der Waals surface area contributed by atoms with Crippen LogP contribution >= 0.6 is 0 Å². The summed E-state index contributed by atoms with van der Waals surface area (Å²) in [6.45, 7) is 3.17. The summed E-state index contributed by atoms with van der Waals surface area (Å²) in [5, 5.41) is 5.28. The van der Waals surface area contributed by atoms with Gasteiger partial charge in [-0.1, -0.05) is 12.1 Å². The van der Waals surface area contributed by atoms with Crippen LogP contribution in [0.3, 0.4) is 0 Å². The normalized spacial score (nSPS) is 19.8. The van der Waals surface area contributed by atoms with Gasteiger partial charge in [0.2, 0.25) is 21.8 Å². The van der Waals surface area contributed by atoms with Gasteiger partial charge >= 0.3 is 0 Å². The number of benzene rings is 2. The van der Waals surface area contributed by atoms with Gasteiger partial charge in [0.05, 0.1) is 29.1 Å². The summed E-state index contributed by atoms with van der Waals surface area (Å²) in [5.74, 6) is -1.03. The van der Waals surface area contributed by atoms with Crippen molar-refractivity contribution < 1.29 is 22.7 Å². The van der Waals surface area contributed by atoms with Crippen molar-refractivity contribution in [3.05, 3.63) is 42.5 Å². The van der Waals surface area contributed by atoms with Gasteiger partial charge in [-0.15, -0.1) is 0 Å². The minimum atomic E-state index is -3.76. The zero-order chi connectivity index (χ0) is 22.2. The molecule has 2 amide bonds. The molecule has 1 fully saturated rings. The van der Waals surface area contributed by atoms with E-state index in [1.165, 1.54) is 29.4 Å². The van der Waals surface area contributed by atoms with Crippen molar-refractivity contribution in [2.45, 2.75) is 11.8 Å². The standard InChI is InChI=1S/C21H24N4O5S/c1-14-20(26)22-16-8-7-15(13-17(16)23-21(14)27)31(28,29)25-11-9-24(10-12-25)18-5-3-4-6-19(18)30-2/h3-8,13-14H,9-12H2,1-2H3,(H,22,26)(H,23,27)/t14-/m1/s1. The molecule has 2 aliphatic rings. The highest BCUT2D eigenvalue weighted by Gasteiger charge is 2.32. The molecule has 164 valence electrons. The topological polar surface area (TPSA) is 108 Å². The van der Waals surface area contributed by atoms with Gasteiger partial charge in [0.15, 0.2) is 0 Å². The number of hydrogen-bond donors (Lipinski definition) is 2. The van der Waals surface area contributed by atoms with Gasteiger partial charge < -0.3 is 20.3 Å². The molecular formula is C21H24N4O5S. The van der Waals surface area contributed by atoms with E-state index in [0.29, 0.717) is 31.9 Å². The number of piperazine rings is 1. The maximum Gasteiger partial charge on any atom is 0.243 e. The number of sulfonamides is 1. The first-order valence-corrected chi connectivity index (χ1v) is 11.4. The summed E-state index contributed by atoms with van der Waals surface area (Å²) < 4.78 is 33.3. The second-order valence-corrected chi connectivity index (χ2v) is 9.41. The van der Waals surface area contributed by atoms with Crippen LogP contribution in [0.4, 0.5) is 17.1 Å². The van der Waals surface area contributed by atoms with Gasteiger partial charge in [0.1, 0.15) is 11.7 Å². The molecule has 1 atom stereocenters. The van der Waals surface area contributed by atoms with Crippen LogP contribution in [0.5, 0.6) is 5.75 Å². The lowest BCUT2D eigenvalue weighted by atomic mass is 10.1. The van der Waals surface area contributed by atoms with Crippen molar-refractivity contribution in [1.29, 1.82) is 0 Å². The molecule has 9 nitrogen and oxygen atoms in total. The summed E-state index contributed by atoms with van der Waals surface area (Å²) >= 11 is 0. The number of hydrogen-bond acceptors (Lipinski definition) is 6. The average Bonchev–Trinajstić information content (AvgIpc) is 2.89. The Morgan fingerprint density at radius 1 is 0.935 bits per heavy atom.